The van der Waals surface area contributed by atoms with Gasteiger partial charge in [-0.2, -0.15) is 0 Å². The molecule has 25 heavy (non-hydrogen) atoms. The molecule has 1 aromatic rings. The second-order valence-electron chi connectivity index (χ2n) is 6.20. The van der Waals surface area contributed by atoms with Gasteiger partial charge in [-0.05, 0) is 55.9 Å². The number of carbonyl (C=O) groups excluding carboxylic acids is 1. The van der Waals surface area contributed by atoms with Crippen molar-refractivity contribution in [3.8, 4) is 11.5 Å². The minimum Gasteiger partial charge on any atom is -0.454 e. The third-order valence-corrected chi connectivity index (χ3v) is 4.05. The van der Waals surface area contributed by atoms with Gasteiger partial charge in [0.2, 0.25) is 12.7 Å². The van der Waals surface area contributed by atoms with Crippen LogP contribution in [0.3, 0.4) is 0 Å². The van der Waals surface area contributed by atoms with Gasteiger partial charge in [0.15, 0.2) is 11.5 Å². The van der Waals surface area contributed by atoms with Crippen molar-refractivity contribution < 1.29 is 14.3 Å². The molecule has 1 aliphatic rings. The highest BCUT2D eigenvalue weighted by Crippen LogP contribution is 2.32. The molecule has 0 fully saturated rings. The molecular formula is C21H29NO3. The average Bonchev–Trinajstić information content (AvgIpc) is 3.09. The Bertz CT molecular complexity index is 593. The molecule has 4 heteroatoms. The van der Waals surface area contributed by atoms with Crippen molar-refractivity contribution in [1.82, 2.24) is 5.32 Å². The first-order valence-electron chi connectivity index (χ1n) is 9.30. The summed E-state index contributed by atoms with van der Waals surface area (Å²) in [6.45, 7) is 3.25. The van der Waals surface area contributed by atoms with Crippen LogP contribution in [0.4, 0.5) is 0 Å². The zero-order chi connectivity index (χ0) is 17.7. The summed E-state index contributed by atoms with van der Waals surface area (Å²) in [5.74, 6) is 1.66. The van der Waals surface area contributed by atoms with E-state index in [1.54, 1.807) is 6.08 Å². The quantitative estimate of drug-likeness (QED) is 0.461. The van der Waals surface area contributed by atoms with E-state index >= 15 is 0 Å². The van der Waals surface area contributed by atoms with Gasteiger partial charge in [-0.1, -0.05) is 44.1 Å². The summed E-state index contributed by atoms with van der Waals surface area (Å²) in [5, 5.41) is 2.91. The van der Waals surface area contributed by atoms with Crippen molar-refractivity contribution in [2.24, 2.45) is 0 Å². The Morgan fingerprint density at radius 2 is 1.88 bits per heavy atom. The molecule has 0 unspecified atom stereocenters. The van der Waals surface area contributed by atoms with Crippen molar-refractivity contribution in [2.45, 2.75) is 51.9 Å². The van der Waals surface area contributed by atoms with Gasteiger partial charge in [0.05, 0.1) is 0 Å². The first kappa shape index (κ1) is 19.1. The molecule has 136 valence electrons. The van der Waals surface area contributed by atoms with Gasteiger partial charge in [-0.25, -0.2) is 0 Å². The van der Waals surface area contributed by atoms with E-state index in [1.807, 2.05) is 24.3 Å². The van der Waals surface area contributed by atoms with Crippen molar-refractivity contribution in [3.05, 3.63) is 42.0 Å². The van der Waals surface area contributed by atoms with Gasteiger partial charge in [0, 0.05) is 6.54 Å². The number of nitrogens with one attached hydrogen (secondary N) is 1. The molecule has 0 atom stereocenters. The fraction of sp³-hybridized carbons (Fsp3) is 0.476. The van der Waals surface area contributed by atoms with E-state index in [0.29, 0.717) is 6.79 Å². The summed E-state index contributed by atoms with van der Waals surface area (Å²) in [6.07, 6.45) is 15.5. The Hall–Kier alpha value is -2.23. The number of amides is 1. The molecule has 1 N–H and O–H groups in total. The zero-order valence-corrected chi connectivity index (χ0v) is 15.1. The van der Waals surface area contributed by atoms with Gasteiger partial charge in [0.1, 0.15) is 0 Å². The number of fused-ring (bicyclic) bond motifs is 1. The Balaban J connectivity index is 1.53. The fourth-order valence-electron chi connectivity index (χ4n) is 2.60. The minimum absolute atomic E-state index is 0.0267. The van der Waals surface area contributed by atoms with Crippen LogP contribution in [0.15, 0.2) is 36.4 Å². The molecule has 4 nitrogen and oxygen atoms in total. The topological polar surface area (TPSA) is 47.6 Å². The molecular weight excluding hydrogens is 314 g/mol. The predicted octanol–water partition coefficient (Wildman–Crippen LogP) is 4.85. The highest BCUT2D eigenvalue weighted by atomic mass is 16.7. The lowest BCUT2D eigenvalue weighted by atomic mass is 10.1. The van der Waals surface area contributed by atoms with Crippen LogP contribution in [-0.2, 0) is 4.79 Å². The third kappa shape index (κ3) is 7.46. The summed E-state index contributed by atoms with van der Waals surface area (Å²) in [6, 6.07) is 5.98. The molecule has 1 aromatic carbocycles. The van der Waals surface area contributed by atoms with Gasteiger partial charge in [-0.15, -0.1) is 0 Å². The smallest absolute Gasteiger partial charge is 0.243 e. The molecule has 0 saturated heterocycles. The zero-order valence-electron chi connectivity index (χ0n) is 15.1. The van der Waals surface area contributed by atoms with Crippen molar-refractivity contribution in [2.75, 3.05) is 13.3 Å². The van der Waals surface area contributed by atoms with Crippen LogP contribution in [0.2, 0.25) is 0 Å². The lowest BCUT2D eigenvalue weighted by molar-refractivity contribution is -0.116. The molecule has 0 radical (unpaired) electrons. The van der Waals surface area contributed by atoms with Gasteiger partial charge < -0.3 is 14.8 Å². The van der Waals surface area contributed by atoms with Crippen LogP contribution >= 0.6 is 0 Å². The van der Waals surface area contributed by atoms with Crippen LogP contribution in [-0.4, -0.2) is 19.2 Å². The number of unbranched alkanes of at least 4 members (excludes halogenated alkanes) is 5. The monoisotopic (exact) mass is 343 g/mol. The Morgan fingerprint density at radius 1 is 1.08 bits per heavy atom. The number of hydrogen-bond acceptors (Lipinski definition) is 3. The molecule has 2 rings (SSSR count). The summed E-state index contributed by atoms with van der Waals surface area (Å²) in [4.78, 5) is 11.6. The highest BCUT2D eigenvalue weighted by molar-refractivity contribution is 5.87. The minimum atomic E-state index is 0.0267. The Labute approximate surface area is 150 Å². The van der Waals surface area contributed by atoms with E-state index in [9.17, 15) is 4.79 Å². The molecule has 1 heterocycles. The van der Waals surface area contributed by atoms with Crippen LogP contribution in [0, 0.1) is 0 Å². The van der Waals surface area contributed by atoms with Gasteiger partial charge in [0.25, 0.3) is 0 Å². The van der Waals surface area contributed by atoms with E-state index < -0.39 is 0 Å². The third-order valence-electron chi connectivity index (χ3n) is 4.05. The summed E-state index contributed by atoms with van der Waals surface area (Å²) in [5.41, 5.74) is 1.13. The number of ether oxygens (including phenoxy) is 2. The van der Waals surface area contributed by atoms with Crippen LogP contribution in [0.1, 0.15) is 57.4 Å². The van der Waals surface area contributed by atoms with Crippen LogP contribution in [0.25, 0.3) is 6.08 Å². The van der Waals surface area contributed by atoms with E-state index in [2.05, 4.69) is 24.4 Å². The standard InChI is InChI=1S/C21H29NO3/c1-2-3-10-15-22-21(23)12-9-7-5-4-6-8-11-18-13-14-19-20(16-18)25-17-24-19/h8-9,11-14,16H,2-7,10,15,17H2,1H3,(H,22,23)/b11-8+,12-9+. The maximum atomic E-state index is 11.6. The summed E-state index contributed by atoms with van der Waals surface area (Å²) < 4.78 is 10.7. The highest BCUT2D eigenvalue weighted by Gasteiger charge is 2.11. The van der Waals surface area contributed by atoms with E-state index in [0.717, 1.165) is 55.7 Å². The summed E-state index contributed by atoms with van der Waals surface area (Å²) >= 11 is 0. The Morgan fingerprint density at radius 3 is 2.72 bits per heavy atom. The average molecular weight is 343 g/mol. The molecule has 0 spiro atoms. The van der Waals surface area contributed by atoms with Crippen molar-refractivity contribution >= 4 is 12.0 Å². The summed E-state index contributed by atoms with van der Waals surface area (Å²) in [7, 11) is 0. The normalized spacial score (nSPS) is 13.0. The molecule has 0 saturated carbocycles. The molecule has 1 amide bonds. The molecule has 1 aliphatic heterocycles. The number of carbonyl (C=O) groups is 1. The Kier molecular flexibility index (Phi) is 8.67. The first-order chi connectivity index (χ1) is 12.3. The molecule has 0 aromatic heterocycles. The van der Waals surface area contributed by atoms with Gasteiger partial charge in [-0.3, -0.25) is 4.79 Å². The van der Waals surface area contributed by atoms with Crippen molar-refractivity contribution in [1.29, 1.82) is 0 Å². The predicted molar refractivity (Wildman–Crippen MR) is 102 cm³/mol. The second-order valence-corrected chi connectivity index (χ2v) is 6.20. The molecule has 0 bridgehead atoms. The lowest BCUT2D eigenvalue weighted by Gasteiger charge is -2.00. The fourth-order valence-corrected chi connectivity index (χ4v) is 2.60. The van der Waals surface area contributed by atoms with Crippen LogP contribution < -0.4 is 14.8 Å². The number of benzene rings is 1. The maximum absolute atomic E-state index is 11.6. The number of allylic oxidation sites excluding steroid dienone is 2. The largest absolute Gasteiger partial charge is 0.454 e. The number of hydrogen-bond donors (Lipinski definition) is 1. The number of rotatable bonds is 11. The van der Waals surface area contributed by atoms with Crippen molar-refractivity contribution in [3.63, 3.8) is 0 Å². The van der Waals surface area contributed by atoms with E-state index in [4.69, 9.17) is 9.47 Å². The first-order valence-corrected chi connectivity index (χ1v) is 9.30. The SMILES string of the molecule is CCCCCNC(=O)/C=C/CCCC/C=C/c1ccc2c(c1)OCO2. The van der Waals surface area contributed by atoms with E-state index in [-0.39, 0.29) is 5.91 Å². The van der Waals surface area contributed by atoms with E-state index in [1.165, 1.54) is 12.8 Å². The maximum Gasteiger partial charge on any atom is 0.243 e. The second kappa shape index (κ2) is 11.3. The van der Waals surface area contributed by atoms with Crippen LogP contribution in [0.5, 0.6) is 11.5 Å². The lowest BCUT2D eigenvalue weighted by Crippen LogP contribution is -2.21. The molecule has 0 aliphatic carbocycles. The van der Waals surface area contributed by atoms with Gasteiger partial charge >= 0.3 is 0 Å².